The smallest absolute Gasteiger partial charge is 0.306 e. The fourth-order valence-corrected chi connectivity index (χ4v) is 11.4. The van der Waals surface area contributed by atoms with Crippen LogP contribution in [0.1, 0.15) is 63.2 Å². The van der Waals surface area contributed by atoms with E-state index in [9.17, 15) is 14.7 Å². The molecule has 9 heterocycles. The topological polar surface area (TPSA) is 211 Å². The number of anilines is 4. The van der Waals surface area contributed by atoms with Crippen molar-refractivity contribution in [2.24, 2.45) is 21.8 Å². The number of methoxy groups -OCH3 is 2. The van der Waals surface area contributed by atoms with Gasteiger partial charge in [-0.25, -0.2) is 29.9 Å². The van der Waals surface area contributed by atoms with Gasteiger partial charge >= 0.3 is 5.97 Å². The maximum atomic E-state index is 13.3. The third-order valence-corrected chi connectivity index (χ3v) is 14.4. The molecule has 19 heteroatoms. The summed E-state index contributed by atoms with van der Waals surface area (Å²) in [6, 6.07) is 4.10. The summed E-state index contributed by atoms with van der Waals surface area (Å²) < 4.78 is 16.5. The lowest BCUT2D eigenvalue weighted by Gasteiger charge is -2.36. The van der Waals surface area contributed by atoms with E-state index in [1.54, 1.807) is 49.4 Å². The van der Waals surface area contributed by atoms with Crippen LogP contribution >= 0.6 is 22.7 Å². The van der Waals surface area contributed by atoms with E-state index in [1.165, 1.54) is 16.8 Å². The highest BCUT2D eigenvalue weighted by Crippen LogP contribution is 2.43. The number of ether oxygens (including phenoxy) is 3. The number of carbonyl (C=O) groups is 2. The van der Waals surface area contributed by atoms with Crippen molar-refractivity contribution in [3.8, 4) is 11.8 Å². The summed E-state index contributed by atoms with van der Waals surface area (Å²) in [5.74, 6) is 1.63. The van der Waals surface area contributed by atoms with Crippen molar-refractivity contribution in [1.82, 2.24) is 34.8 Å². The maximum Gasteiger partial charge on any atom is 0.306 e. The molecule has 0 saturated carbocycles. The van der Waals surface area contributed by atoms with Gasteiger partial charge in [-0.1, -0.05) is 0 Å². The molecular weight excluding hydrogens is 831 g/mol. The number of amides is 1. The average molecular weight is 874 g/mol. The van der Waals surface area contributed by atoms with Gasteiger partial charge in [0, 0.05) is 45.8 Å². The number of rotatable bonds is 8. The summed E-state index contributed by atoms with van der Waals surface area (Å²) in [6.07, 6.45) is 11.0. The zero-order chi connectivity index (χ0) is 42.5. The number of nitrogens with zero attached hydrogens (tertiary/aromatic N) is 9. The third kappa shape index (κ3) is 7.36. The number of carboxylic acids is 1. The first-order chi connectivity index (χ1) is 30.3. The minimum atomic E-state index is -0.733. The van der Waals surface area contributed by atoms with Crippen LogP contribution in [0.5, 0.6) is 11.8 Å². The molecule has 5 aliphatic rings. The second-order valence-electron chi connectivity index (χ2n) is 15.8. The standard InChI is InChI=1S/C24H26N6O3S.C19H17N5O3S/c1-13-11-33-6-5-30(13)24(31)14-3-4-16-19(8-14)34-23-20(16)21(26-12-27-23)28-17-7-15-9-25-10-18(15)29-22(17)32-2;1-27-17-12(4-10-6-20-7-13(10)24-17)23-16-15-11-3-2-9(19(25)26)5-14(11)28-18(15)22-8-21-16/h7,9,12-14H,3-6,8,10-11H2,1-2H3,(H,26,27,28);4,6,8-9H,2-3,5,7H2,1H3,(H,25,26)(H,21,22,23)/t13-,14+;9-/m10/s1. The SMILES string of the molecule is COc1nc2c(cc1Nc1ncnc3sc4c(c13)CC[C@H](C(=O)N1CCOC[C@H]1C)C4)C=NC2.COc1nc2c(cc1Nc1ncnc3sc4c(c13)CC[C@H](C(=O)O)C4)C=NC2. The van der Waals surface area contributed by atoms with Gasteiger partial charge in [-0.05, 0) is 68.7 Å². The Labute approximate surface area is 363 Å². The molecular formula is C43H43N11O6S2. The van der Waals surface area contributed by atoms with Crippen LogP contribution in [0.25, 0.3) is 20.4 Å². The van der Waals surface area contributed by atoms with Gasteiger partial charge in [-0.15, -0.1) is 22.7 Å². The van der Waals surface area contributed by atoms with Crippen LogP contribution in [-0.2, 0) is 53.1 Å². The van der Waals surface area contributed by atoms with Gasteiger partial charge in [0.25, 0.3) is 0 Å². The lowest BCUT2D eigenvalue weighted by molar-refractivity contribution is -0.144. The summed E-state index contributed by atoms with van der Waals surface area (Å²) in [6.45, 7) is 5.11. The number of carbonyl (C=O) groups excluding carboxylic acids is 1. The molecule has 1 saturated heterocycles. The molecule has 1 fully saturated rings. The molecule has 6 aromatic heterocycles. The summed E-state index contributed by atoms with van der Waals surface area (Å²) in [7, 11) is 3.20. The van der Waals surface area contributed by atoms with Crippen molar-refractivity contribution in [2.75, 3.05) is 44.6 Å². The molecule has 0 radical (unpaired) electrons. The molecule has 3 atom stereocenters. The van der Waals surface area contributed by atoms with Crippen molar-refractivity contribution in [1.29, 1.82) is 0 Å². The highest BCUT2D eigenvalue weighted by Gasteiger charge is 2.35. The van der Waals surface area contributed by atoms with Gasteiger partial charge in [-0.2, -0.15) is 0 Å². The van der Waals surface area contributed by atoms with Crippen LogP contribution < -0.4 is 20.1 Å². The van der Waals surface area contributed by atoms with Gasteiger partial charge in [0.1, 0.15) is 45.3 Å². The second-order valence-corrected chi connectivity index (χ2v) is 18.0. The van der Waals surface area contributed by atoms with E-state index in [-0.39, 0.29) is 23.8 Å². The molecule has 1 amide bonds. The van der Waals surface area contributed by atoms with E-state index < -0.39 is 5.97 Å². The summed E-state index contributed by atoms with van der Waals surface area (Å²) in [5, 5.41) is 18.1. The van der Waals surface area contributed by atoms with Crippen molar-refractivity contribution in [2.45, 2.75) is 64.6 Å². The molecule has 0 unspecified atom stereocenters. The van der Waals surface area contributed by atoms with E-state index in [1.807, 2.05) is 23.2 Å². The van der Waals surface area contributed by atoms with Gasteiger partial charge < -0.3 is 34.9 Å². The number of carboxylic acid groups (broad SMARTS) is 1. The molecule has 62 heavy (non-hydrogen) atoms. The average Bonchev–Trinajstić information content (AvgIpc) is 4.10. The molecule has 3 aliphatic heterocycles. The van der Waals surface area contributed by atoms with E-state index in [0.717, 1.165) is 84.2 Å². The van der Waals surface area contributed by atoms with Gasteiger partial charge in [-0.3, -0.25) is 19.6 Å². The van der Waals surface area contributed by atoms with Crippen LogP contribution in [0.15, 0.2) is 34.8 Å². The van der Waals surface area contributed by atoms with E-state index in [4.69, 9.17) is 14.2 Å². The Morgan fingerprint density at radius 3 is 1.84 bits per heavy atom. The molecule has 3 N–H and O–H groups in total. The van der Waals surface area contributed by atoms with Crippen LogP contribution in [0.2, 0.25) is 0 Å². The zero-order valence-electron chi connectivity index (χ0n) is 34.3. The molecule has 6 aromatic rings. The van der Waals surface area contributed by atoms with E-state index in [2.05, 4.69) is 57.4 Å². The van der Waals surface area contributed by atoms with Crippen LogP contribution in [0.3, 0.4) is 0 Å². The summed E-state index contributed by atoms with van der Waals surface area (Å²) in [5.41, 5.74) is 7.61. The number of aliphatic carboxylic acids is 1. The number of aliphatic imine (C=N–C) groups is 2. The monoisotopic (exact) mass is 873 g/mol. The number of aryl methyl sites for hydroxylation is 2. The highest BCUT2D eigenvalue weighted by atomic mass is 32.1. The Hall–Kier alpha value is -6.18. The number of aromatic nitrogens is 6. The third-order valence-electron chi connectivity index (χ3n) is 12.1. The summed E-state index contributed by atoms with van der Waals surface area (Å²) in [4.78, 5) is 66.4. The summed E-state index contributed by atoms with van der Waals surface area (Å²) >= 11 is 3.22. The van der Waals surface area contributed by atoms with Crippen LogP contribution in [0, 0.1) is 11.8 Å². The lowest BCUT2D eigenvalue weighted by atomic mass is 9.86. The quantitative estimate of drug-likeness (QED) is 0.158. The zero-order valence-corrected chi connectivity index (χ0v) is 35.9. The predicted molar refractivity (Wildman–Crippen MR) is 236 cm³/mol. The minimum Gasteiger partial charge on any atom is -0.481 e. The van der Waals surface area contributed by atoms with E-state index in [0.29, 0.717) is 75.4 Å². The van der Waals surface area contributed by atoms with E-state index >= 15 is 0 Å². The molecule has 318 valence electrons. The molecule has 0 bridgehead atoms. The molecule has 0 aromatic carbocycles. The van der Waals surface area contributed by atoms with Crippen molar-refractivity contribution in [3.05, 3.63) is 68.2 Å². The molecule has 0 spiro atoms. The van der Waals surface area contributed by atoms with Crippen molar-refractivity contribution >= 4 is 90.4 Å². The van der Waals surface area contributed by atoms with Crippen LogP contribution in [0.4, 0.5) is 23.0 Å². The number of hydrogen-bond donors (Lipinski definition) is 3. The lowest BCUT2D eigenvalue weighted by Crippen LogP contribution is -2.50. The Kier molecular flexibility index (Phi) is 10.7. The number of pyridine rings is 2. The first kappa shape index (κ1) is 39.9. The van der Waals surface area contributed by atoms with Crippen molar-refractivity contribution in [3.63, 3.8) is 0 Å². The Morgan fingerprint density at radius 1 is 0.790 bits per heavy atom. The number of thiophene rings is 2. The second kappa shape index (κ2) is 16.6. The normalized spacial score (nSPS) is 19.6. The largest absolute Gasteiger partial charge is 0.481 e. The molecule has 11 rings (SSSR count). The maximum absolute atomic E-state index is 13.3. The Bertz CT molecular complexity index is 2820. The number of hydrogen-bond acceptors (Lipinski definition) is 17. The first-order valence-corrected chi connectivity index (χ1v) is 22.2. The van der Waals surface area contributed by atoms with Gasteiger partial charge in [0.05, 0.1) is 74.6 Å². The first-order valence-electron chi connectivity index (χ1n) is 20.6. The molecule has 2 aliphatic carbocycles. The van der Waals surface area contributed by atoms with Gasteiger partial charge in [0.2, 0.25) is 17.7 Å². The van der Waals surface area contributed by atoms with Gasteiger partial charge in [0.15, 0.2) is 0 Å². The number of morpholine rings is 1. The molecule has 17 nitrogen and oxygen atoms in total. The Balaban J connectivity index is 0.000000151. The minimum absolute atomic E-state index is 0.00535. The number of nitrogens with one attached hydrogen (secondary N) is 2. The highest BCUT2D eigenvalue weighted by molar-refractivity contribution is 7.19. The van der Waals surface area contributed by atoms with Crippen LogP contribution in [-0.4, -0.2) is 104 Å². The predicted octanol–water partition coefficient (Wildman–Crippen LogP) is 6.08. The fourth-order valence-electron chi connectivity index (χ4n) is 8.90. The fraction of sp³-hybridized carbons (Fsp3) is 0.395. The van der Waals surface area contributed by atoms with Crippen molar-refractivity contribution < 1.29 is 28.9 Å². The Morgan fingerprint density at radius 2 is 1.32 bits per heavy atom. The number of fused-ring (bicyclic) bond motifs is 8.